The van der Waals surface area contributed by atoms with E-state index < -0.39 is 5.91 Å². The van der Waals surface area contributed by atoms with Gasteiger partial charge < -0.3 is 19.5 Å². The molecule has 2 aromatic rings. The van der Waals surface area contributed by atoms with Crippen LogP contribution in [0.4, 0.5) is 0 Å². The topological polar surface area (TPSA) is 93.5 Å². The van der Waals surface area contributed by atoms with Crippen LogP contribution in [0, 0.1) is 12.8 Å². The smallest absolute Gasteiger partial charge is 0.263 e. The second-order valence-corrected chi connectivity index (χ2v) is 8.60. The number of nitrogens with zero attached hydrogens (tertiary/aromatic N) is 3. The Morgan fingerprint density at radius 2 is 2.24 bits per heavy atom. The number of thiazole rings is 1. The molecule has 1 saturated heterocycles. The molecule has 9 heteroatoms. The van der Waals surface area contributed by atoms with Gasteiger partial charge in [0.15, 0.2) is 0 Å². The first-order valence-electron chi connectivity index (χ1n) is 9.71. The van der Waals surface area contributed by atoms with Gasteiger partial charge in [-0.3, -0.25) is 14.4 Å². The molecular formula is C20H24N4O4S. The van der Waals surface area contributed by atoms with E-state index in [1.54, 1.807) is 13.2 Å². The van der Waals surface area contributed by atoms with Crippen molar-refractivity contribution in [3.63, 3.8) is 0 Å². The summed E-state index contributed by atoms with van der Waals surface area (Å²) in [6.45, 7) is 4.19. The van der Waals surface area contributed by atoms with E-state index >= 15 is 0 Å². The number of aromatic nitrogens is 2. The maximum Gasteiger partial charge on any atom is 0.263 e. The summed E-state index contributed by atoms with van der Waals surface area (Å²) < 4.78 is 6.76. The molecule has 0 bridgehead atoms. The highest BCUT2D eigenvalue weighted by Gasteiger charge is 2.32. The van der Waals surface area contributed by atoms with Gasteiger partial charge in [0.2, 0.25) is 5.91 Å². The molecule has 154 valence electrons. The number of carbonyl (C=O) groups excluding carboxylic acids is 2. The van der Waals surface area contributed by atoms with E-state index in [9.17, 15) is 14.4 Å². The third-order valence-electron chi connectivity index (χ3n) is 5.48. The summed E-state index contributed by atoms with van der Waals surface area (Å²) in [5.74, 6) is -0.391. The standard InChI is InChI=1S/C20H24N4O4S/c1-12-22-15(11-29-12)7-21-18(25)17-16-3-5-24(19(26)13-4-6-28-10-13)9-14(16)8-23(2)20(17)27/h8,11,13H,3-7,9-10H2,1-2H3,(H,21,25). The van der Waals surface area contributed by atoms with E-state index in [2.05, 4.69) is 10.3 Å². The van der Waals surface area contributed by atoms with Crippen LogP contribution in [0.1, 0.15) is 38.6 Å². The van der Waals surface area contributed by atoms with Gasteiger partial charge in [-0.2, -0.15) is 0 Å². The molecule has 4 rings (SSSR count). The molecule has 29 heavy (non-hydrogen) atoms. The predicted octanol–water partition coefficient (Wildman–Crippen LogP) is 1.00. The quantitative estimate of drug-likeness (QED) is 0.803. The molecule has 0 aromatic carbocycles. The third-order valence-corrected chi connectivity index (χ3v) is 6.30. The molecule has 0 radical (unpaired) electrons. The molecule has 0 spiro atoms. The SMILES string of the molecule is Cc1nc(CNC(=O)c2c3c(cn(C)c2=O)CN(C(=O)C2CCOC2)CC3)cs1. The molecular weight excluding hydrogens is 392 g/mol. The van der Waals surface area contributed by atoms with Crippen LogP contribution >= 0.6 is 11.3 Å². The molecule has 2 amide bonds. The van der Waals surface area contributed by atoms with Gasteiger partial charge in [0.25, 0.3) is 11.5 Å². The average molecular weight is 417 g/mol. The summed E-state index contributed by atoms with van der Waals surface area (Å²) in [5, 5.41) is 5.64. The number of hydrogen-bond donors (Lipinski definition) is 1. The second kappa shape index (κ2) is 8.08. The summed E-state index contributed by atoms with van der Waals surface area (Å²) in [4.78, 5) is 44.4. The molecule has 1 N–H and O–H groups in total. The van der Waals surface area contributed by atoms with Crippen LogP contribution in [0.2, 0.25) is 0 Å². The first-order chi connectivity index (χ1) is 13.9. The Hall–Kier alpha value is -2.52. The van der Waals surface area contributed by atoms with E-state index in [-0.39, 0.29) is 29.5 Å². The van der Waals surface area contributed by atoms with Gasteiger partial charge in [-0.15, -0.1) is 11.3 Å². The molecule has 2 aliphatic heterocycles. The Balaban J connectivity index is 1.55. The predicted molar refractivity (Wildman–Crippen MR) is 108 cm³/mol. The molecule has 4 heterocycles. The van der Waals surface area contributed by atoms with Crippen molar-refractivity contribution in [2.75, 3.05) is 19.8 Å². The number of carbonyl (C=O) groups is 2. The van der Waals surface area contributed by atoms with Crippen LogP contribution in [0.25, 0.3) is 0 Å². The van der Waals surface area contributed by atoms with Gasteiger partial charge in [-0.05, 0) is 30.9 Å². The van der Waals surface area contributed by atoms with Crippen LogP contribution in [-0.4, -0.2) is 46.0 Å². The zero-order valence-corrected chi connectivity index (χ0v) is 17.4. The molecule has 1 fully saturated rings. The Labute approximate surface area is 172 Å². The first kappa shape index (κ1) is 19.8. The van der Waals surface area contributed by atoms with Crippen LogP contribution in [-0.2, 0) is 36.1 Å². The van der Waals surface area contributed by atoms with Crippen LogP contribution in [0.5, 0.6) is 0 Å². The van der Waals surface area contributed by atoms with Crippen LogP contribution < -0.4 is 10.9 Å². The van der Waals surface area contributed by atoms with Crippen LogP contribution in [0.15, 0.2) is 16.4 Å². The molecule has 0 saturated carbocycles. The first-order valence-corrected chi connectivity index (χ1v) is 10.6. The maximum absolute atomic E-state index is 12.8. The lowest BCUT2D eigenvalue weighted by Gasteiger charge is -2.31. The minimum Gasteiger partial charge on any atom is -0.381 e. The largest absolute Gasteiger partial charge is 0.381 e. The van der Waals surface area contributed by atoms with E-state index in [0.717, 1.165) is 28.2 Å². The van der Waals surface area contributed by atoms with E-state index in [1.807, 2.05) is 17.2 Å². The molecule has 8 nitrogen and oxygen atoms in total. The molecule has 2 aromatic heterocycles. The Bertz CT molecular complexity index is 1010. The van der Waals surface area contributed by atoms with Crippen molar-refractivity contribution in [2.45, 2.75) is 32.9 Å². The number of aryl methyl sites for hydroxylation is 2. The molecule has 0 aliphatic carbocycles. The fourth-order valence-corrected chi connectivity index (χ4v) is 4.56. The van der Waals surface area contributed by atoms with Gasteiger partial charge in [0.05, 0.1) is 29.8 Å². The Morgan fingerprint density at radius 3 is 2.93 bits per heavy atom. The number of fused-ring (bicyclic) bond motifs is 1. The second-order valence-electron chi connectivity index (χ2n) is 7.53. The lowest BCUT2D eigenvalue weighted by molar-refractivity contribution is -0.136. The van der Waals surface area contributed by atoms with Crippen molar-refractivity contribution in [1.82, 2.24) is 19.8 Å². The number of hydrogen-bond acceptors (Lipinski definition) is 6. The highest BCUT2D eigenvalue weighted by atomic mass is 32.1. The Kier molecular flexibility index (Phi) is 5.51. The maximum atomic E-state index is 12.8. The number of amides is 2. The van der Waals surface area contributed by atoms with Crippen molar-refractivity contribution in [1.29, 1.82) is 0 Å². The van der Waals surface area contributed by atoms with Gasteiger partial charge >= 0.3 is 0 Å². The average Bonchev–Trinajstić information content (AvgIpc) is 3.38. The van der Waals surface area contributed by atoms with Crippen molar-refractivity contribution in [3.8, 4) is 0 Å². The highest BCUT2D eigenvalue weighted by molar-refractivity contribution is 7.09. The number of ether oxygens (including phenoxy) is 1. The fourth-order valence-electron chi connectivity index (χ4n) is 3.95. The van der Waals surface area contributed by atoms with Crippen molar-refractivity contribution in [2.24, 2.45) is 13.0 Å². The summed E-state index contributed by atoms with van der Waals surface area (Å²) in [6.07, 6.45) is 2.98. The lowest BCUT2D eigenvalue weighted by Crippen LogP contribution is -2.43. The van der Waals surface area contributed by atoms with E-state index in [0.29, 0.717) is 32.7 Å². The summed E-state index contributed by atoms with van der Waals surface area (Å²) in [6, 6.07) is 0. The van der Waals surface area contributed by atoms with Crippen LogP contribution in [0.3, 0.4) is 0 Å². The molecule has 1 atom stereocenters. The monoisotopic (exact) mass is 416 g/mol. The fraction of sp³-hybridized carbons (Fsp3) is 0.500. The van der Waals surface area contributed by atoms with Gasteiger partial charge in [-0.25, -0.2) is 4.98 Å². The Morgan fingerprint density at radius 1 is 1.41 bits per heavy atom. The zero-order valence-electron chi connectivity index (χ0n) is 16.6. The lowest BCUT2D eigenvalue weighted by atomic mass is 9.95. The minimum atomic E-state index is -0.392. The number of nitrogens with one attached hydrogen (secondary N) is 1. The third kappa shape index (κ3) is 3.97. The number of pyridine rings is 1. The minimum absolute atomic E-state index is 0.0894. The van der Waals surface area contributed by atoms with Gasteiger partial charge in [0, 0.05) is 38.3 Å². The van der Waals surface area contributed by atoms with Crippen molar-refractivity contribution >= 4 is 23.2 Å². The summed E-state index contributed by atoms with van der Waals surface area (Å²) in [5.41, 5.74) is 2.22. The van der Waals surface area contributed by atoms with Gasteiger partial charge in [0.1, 0.15) is 5.56 Å². The summed E-state index contributed by atoms with van der Waals surface area (Å²) in [7, 11) is 1.63. The van der Waals surface area contributed by atoms with Crippen molar-refractivity contribution < 1.29 is 14.3 Å². The normalized spacial score (nSPS) is 18.6. The highest BCUT2D eigenvalue weighted by Crippen LogP contribution is 2.24. The van der Waals surface area contributed by atoms with E-state index in [1.165, 1.54) is 15.9 Å². The summed E-state index contributed by atoms with van der Waals surface area (Å²) >= 11 is 1.52. The van der Waals surface area contributed by atoms with Crippen molar-refractivity contribution in [3.05, 3.63) is 49.3 Å². The van der Waals surface area contributed by atoms with Gasteiger partial charge in [-0.1, -0.05) is 0 Å². The zero-order chi connectivity index (χ0) is 20.5. The molecule has 2 aliphatic rings. The molecule has 1 unspecified atom stereocenters. The number of rotatable bonds is 4. The van der Waals surface area contributed by atoms with E-state index in [4.69, 9.17) is 4.74 Å².